The van der Waals surface area contributed by atoms with Gasteiger partial charge in [0.25, 0.3) is 0 Å². The largest absolute Gasteiger partial charge is 0.259 e. The average Bonchev–Trinajstić information content (AvgIpc) is 2.72. The molecular weight excluding hydrogens is 266 g/mol. The maximum Gasteiger partial charge on any atom is 0.123 e. The van der Waals surface area contributed by atoms with Gasteiger partial charge in [0, 0.05) is 0 Å². The topological polar surface area (TPSA) is 12.5 Å². The van der Waals surface area contributed by atoms with Crippen LogP contribution in [-0.4, -0.2) is 4.99 Å². The Morgan fingerprint density at radius 2 is 1.50 bits per heavy atom. The molecule has 2 aromatic carbocycles. The lowest BCUT2D eigenvalue weighted by Gasteiger charge is -2.22. The zero-order valence-corrected chi connectivity index (χ0v) is 12.4. The molecule has 3 heteroatoms. The van der Waals surface area contributed by atoms with Gasteiger partial charge in [0.15, 0.2) is 0 Å². The van der Waals surface area contributed by atoms with Gasteiger partial charge in [0.1, 0.15) is 11.1 Å². The molecule has 0 N–H and O–H groups in total. The molecule has 1 heterocycles. The van der Waals surface area contributed by atoms with E-state index in [9.17, 15) is 0 Å². The second-order valence-corrected chi connectivity index (χ2v) is 5.94. The van der Waals surface area contributed by atoms with Gasteiger partial charge in [-0.05, 0) is 17.7 Å². The molecule has 1 unspecified atom stereocenters. The van der Waals surface area contributed by atoms with Crippen LogP contribution in [0, 0.1) is 5.41 Å². The first-order chi connectivity index (χ1) is 9.60. The number of hydrogen-bond donors (Lipinski definition) is 0. The van der Waals surface area contributed by atoms with Gasteiger partial charge in [0.2, 0.25) is 0 Å². The monoisotopic (exact) mass is 283 g/mol. The van der Waals surface area contributed by atoms with Gasteiger partial charge in [-0.1, -0.05) is 74.6 Å². The SMILES string of the molecule is CC1(C)C(=S)N(c2ccccc2)OC1c1ccccc1. The van der Waals surface area contributed by atoms with Crippen LogP contribution in [0.3, 0.4) is 0 Å². The Morgan fingerprint density at radius 3 is 2.10 bits per heavy atom. The average molecular weight is 283 g/mol. The summed E-state index contributed by atoms with van der Waals surface area (Å²) >= 11 is 5.64. The zero-order chi connectivity index (χ0) is 14.2. The zero-order valence-electron chi connectivity index (χ0n) is 11.6. The summed E-state index contributed by atoms with van der Waals surface area (Å²) < 4.78 is 0. The smallest absolute Gasteiger partial charge is 0.123 e. The van der Waals surface area contributed by atoms with Crippen molar-refractivity contribution in [1.29, 1.82) is 0 Å². The van der Waals surface area contributed by atoms with E-state index in [4.69, 9.17) is 17.1 Å². The highest BCUT2D eigenvalue weighted by Gasteiger charge is 2.47. The van der Waals surface area contributed by atoms with Crippen molar-refractivity contribution >= 4 is 22.9 Å². The van der Waals surface area contributed by atoms with Crippen LogP contribution in [0.25, 0.3) is 0 Å². The van der Waals surface area contributed by atoms with Gasteiger partial charge in [-0.25, -0.2) is 5.06 Å². The lowest BCUT2D eigenvalue weighted by molar-refractivity contribution is 0.0474. The van der Waals surface area contributed by atoms with Crippen molar-refractivity contribution in [3.63, 3.8) is 0 Å². The summed E-state index contributed by atoms with van der Waals surface area (Å²) in [5, 5.41) is 1.78. The molecule has 0 spiro atoms. The van der Waals surface area contributed by atoms with E-state index >= 15 is 0 Å². The molecule has 1 saturated heterocycles. The number of rotatable bonds is 2. The molecule has 3 rings (SSSR count). The number of para-hydroxylation sites is 1. The lowest BCUT2D eigenvalue weighted by Crippen LogP contribution is -2.29. The standard InChI is InChI=1S/C17H17NOS/c1-17(2)15(13-9-5-3-6-10-13)19-18(16(17)20)14-11-7-4-8-12-14/h3-12,15H,1-2H3. The minimum Gasteiger partial charge on any atom is -0.259 e. The van der Waals surface area contributed by atoms with Crippen molar-refractivity contribution in [3.8, 4) is 0 Å². The van der Waals surface area contributed by atoms with Crippen molar-refractivity contribution in [2.75, 3.05) is 5.06 Å². The number of nitrogens with zero attached hydrogens (tertiary/aromatic N) is 1. The van der Waals surface area contributed by atoms with Crippen LogP contribution < -0.4 is 5.06 Å². The molecular formula is C17H17NOS. The van der Waals surface area contributed by atoms with Crippen molar-refractivity contribution < 1.29 is 4.84 Å². The molecule has 102 valence electrons. The second-order valence-electron chi connectivity index (χ2n) is 5.55. The first-order valence-corrected chi connectivity index (χ1v) is 7.13. The highest BCUT2D eigenvalue weighted by Crippen LogP contribution is 2.46. The van der Waals surface area contributed by atoms with Gasteiger partial charge < -0.3 is 0 Å². The number of anilines is 1. The molecule has 0 aliphatic carbocycles. The van der Waals surface area contributed by atoms with Gasteiger partial charge >= 0.3 is 0 Å². The van der Waals surface area contributed by atoms with E-state index in [1.807, 2.05) is 48.5 Å². The van der Waals surface area contributed by atoms with Gasteiger partial charge in [-0.15, -0.1) is 0 Å². The third-order valence-corrected chi connectivity index (χ3v) is 4.39. The molecule has 1 atom stereocenters. The normalized spacial score (nSPS) is 21.2. The summed E-state index contributed by atoms with van der Waals surface area (Å²) in [7, 11) is 0. The van der Waals surface area contributed by atoms with Crippen LogP contribution in [0.4, 0.5) is 5.69 Å². The molecule has 1 fully saturated rings. The maximum atomic E-state index is 6.15. The number of hydroxylamine groups is 1. The fraction of sp³-hybridized carbons (Fsp3) is 0.235. The Bertz CT molecular complexity index is 609. The second kappa shape index (κ2) is 5.00. The summed E-state index contributed by atoms with van der Waals surface area (Å²) in [6, 6.07) is 20.2. The molecule has 0 saturated carbocycles. The van der Waals surface area contributed by atoms with E-state index in [-0.39, 0.29) is 11.5 Å². The van der Waals surface area contributed by atoms with E-state index < -0.39 is 0 Å². The Morgan fingerprint density at radius 1 is 0.950 bits per heavy atom. The maximum absolute atomic E-state index is 6.15. The summed E-state index contributed by atoms with van der Waals surface area (Å²) in [5.41, 5.74) is 1.91. The minimum absolute atomic E-state index is 0.0589. The van der Waals surface area contributed by atoms with Crippen LogP contribution in [0.2, 0.25) is 0 Å². The first kappa shape index (κ1) is 13.3. The molecule has 1 aliphatic rings. The van der Waals surface area contributed by atoms with Gasteiger partial charge in [-0.2, -0.15) is 0 Å². The fourth-order valence-electron chi connectivity index (χ4n) is 2.51. The Labute approximate surface area is 124 Å². The van der Waals surface area contributed by atoms with Gasteiger partial charge in [-0.3, -0.25) is 4.84 Å². The van der Waals surface area contributed by atoms with Crippen LogP contribution in [0.1, 0.15) is 25.5 Å². The van der Waals surface area contributed by atoms with E-state index in [0.29, 0.717) is 0 Å². The molecule has 0 radical (unpaired) electrons. The number of thiocarbonyl (C=S) groups is 1. The Hall–Kier alpha value is -1.71. The van der Waals surface area contributed by atoms with Crippen molar-refractivity contribution in [2.24, 2.45) is 5.41 Å². The molecule has 0 bridgehead atoms. The van der Waals surface area contributed by atoms with E-state index in [0.717, 1.165) is 16.2 Å². The van der Waals surface area contributed by atoms with Crippen LogP contribution in [-0.2, 0) is 4.84 Å². The summed E-state index contributed by atoms with van der Waals surface area (Å²) in [4.78, 5) is 6.97. The lowest BCUT2D eigenvalue weighted by atomic mass is 9.83. The van der Waals surface area contributed by atoms with Crippen molar-refractivity contribution in [1.82, 2.24) is 0 Å². The first-order valence-electron chi connectivity index (χ1n) is 6.72. The van der Waals surface area contributed by atoms with E-state index in [1.165, 1.54) is 0 Å². The third kappa shape index (κ3) is 2.13. The molecule has 0 amide bonds. The third-order valence-electron chi connectivity index (χ3n) is 3.69. The molecule has 2 aromatic rings. The van der Waals surface area contributed by atoms with Crippen LogP contribution >= 0.6 is 12.2 Å². The van der Waals surface area contributed by atoms with Crippen molar-refractivity contribution in [3.05, 3.63) is 66.2 Å². The Balaban J connectivity index is 1.98. The predicted octanol–water partition coefficient (Wildman–Crippen LogP) is 4.53. The quantitative estimate of drug-likeness (QED) is 0.751. The highest BCUT2D eigenvalue weighted by atomic mass is 32.1. The summed E-state index contributed by atoms with van der Waals surface area (Å²) in [6.07, 6.45) is -0.0589. The predicted molar refractivity (Wildman–Crippen MR) is 85.6 cm³/mol. The van der Waals surface area contributed by atoms with E-state index in [1.54, 1.807) is 5.06 Å². The van der Waals surface area contributed by atoms with E-state index in [2.05, 4.69) is 26.0 Å². The molecule has 20 heavy (non-hydrogen) atoms. The summed E-state index contributed by atoms with van der Waals surface area (Å²) in [6.45, 7) is 4.27. The van der Waals surface area contributed by atoms with Crippen LogP contribution in [0.15, 0.2) is 60.7 Å². The number of benzene rings is 2. The van der Waals surface area contributed by atoms with Crippen LogP contribution in [0.5, 0.6) is 0 Å². The fourth-order valence-corrected chi connectivity index (χ4v) is 2.76. The van der Waals surface area contributed by atoms with Gasteiger partial charge in [0.05, 0.1) is 11.1 Å². The Kier molecular flexibility index (Phi) is 3.32. The molecule has 2 nitrogen and oxygen atoms in total. The van der Waals surface area contributed by atoms with Crippen molar-refractivity contribution in [2.45, 2.75) is 20.0 Å². The molecule has 1 aliphatic heterocycles. The minimum atomic E-state index is -0.216. The molecule has 0 aromatic heterocycles. The summed E-state index contributed by atoms with van der Waals surface area (Å²) in [5.74, 6) is 0. The highest BCUT2D eigenvalue weighted by molar-refractivity contribution is 7.80. The number of hydrogen-bond acceptors (Lipinski definition) is 2.